The molecule has 0 fully saturated rings. The molecule has 6 nitrogen and oxygen atoms in total. The molecule has 0 aliphatic heterocycles. The minimum atomic E-state index is -0.500. The van der Waals surface area contributed by atoms with E-state index in [-0.39, 0.29) is 24.0 Å². The van der Waals surface area contributed by atoms with Crippen LogP contribution in [-0.4, -0.2) is 26.4 Å². The van der Waals surface area contributed by atoms with E-state index in [2.05, 4.69) is 43.6 Å². The molecule has 0 bridgehead atoms. The van der Waals surface area contributed by atoms with Crippen molar-refractivity contribution in [3.8, 4) is 5.75 Å². The standard InChI is InChI=1S/C23H20BrFN4O2S/c1-14-17-6-4-3-5-15(17)7-10-20(14)31-12-21-27-28-23(29(21)2)32-13-22(30)26-19-9-8-16(24)11-18(19)25/h3-11H,12-13H2,1-2H3,(H,26,30). The molecule has 0 radical (unpaired) electrons. The van der Waals surface area contributed by atoms with Gasteiger partial charge in [0.1, 0.15) is 18.2 Å². The number of rotatable bonds is 7. The maximum atomic E-state index is 13.9. The van der Waals surface area contributed by atoms with E-state index in [1.165, 1.54) is 23.9 Å². The quantitative estimate of drug-likeness (QED) is 0.330. The molecule has 0 atom stereocenters. The minimum absolute atomic E-state index is 0.0755. The summed E-state index contributed by atoms with van der Waals surface area (Å²) in [5.74, 6) is 0.673. The van der Waals surface area contributed by atoms with E-state index in [4.69, 9.17) is 4.74 Å². The second-order valence-electron chi connectivity index (χ2n) is 7.12. The number of amides is 1. The van der Waals surface area contributed by atoms with Crippen molar-refractivity contribution in [2.75, 3.05) is 11.1 Å². The molecule has 0 saturated heterocycles. The van der Waals surface area contributed by atoms with Gasteiger partial charge in [0.2, 0.25) is 5.91 Å². The first-order valence-corrected chi connectivity index (χ1v) is 11.6. The summed E-state index contributed by atoms with van der Waals surface area (Å²) in [5.41, 5.74) is 1.20. The van der Waals surface area contributed by atoms with Crippen LogP contribution in [0.1, 0.15) is 11.4 Å². The molecule has 164 valence electrons. The van der Waals surface area contributed by atoms with Crippen molar-refractivity contribution >= 4 is 50.1 Å². The summed E-state index contributed by atoms with van der Waals surface area (Å²) < 4.78 is 22.3. The molecule has 9 heteroatoms. The average Bonchev–Trinajstić information content (AvgIpc) is 3.13. The number of benzene rings is 3. The van der Waals surface area contributed by atoms with Crippen molar-refractivity contribution in [1.82, 2.24) is 14.8 Å². The van der Waals surface area contributed by atoms with Gasteiger partial charge in [0, 0.05) is 11.5 Å². The number of anilines is 1. The molecule has 0 aliphatic rings. The Bertz CT molecular complexity index is 1290. The van der Waals surface area contributed by atoms with Crippen LogP contribution in [0.25, 0.3) is 10.8 Å². The molecule has 0 unspecified atom stereocenters. The van der Waals surface area contributed by atoms with Gasteiger partial charge in [-0.05, 0) is 47.5 Å². The van der Waals surface area contributed by atoms with Crippen LogP contribution < -0.4 is 10.1 Å². The fraction of sp³-hybridized carbons (Fsp3) is 0.174. The number of halogens is 2. The van der Waals surface area contributed by atoms with Gasteiger partial charge in [0.15, 0.2) is 11.0 Å². The Hall–Kier alpha value is -2.91. The van der Waals surface area contributed by atoms with E-state index in [0.717, 1.165) is 22.1 Å². The number of nitrogens with one attached hydrogen (secondary N) is 1. The molecule has 4 rings (SSSR count). The normalized spacial score (nSPS) is 11.0. The van der Waals surface area contributed by atoms with Gasteiger partial charge in [0.25, 0.3) is 0 Å². The number of carbonyl (C=O) groups excluding carboxylic acids is 1. The van der Waals surface area contributed by atoms with Crippen molar-refractivity contribution in [2.45, 2.75) is 18.7 Å². The van der Waals surface area contributed by atoms with Crippen molar-refractivity contribution in [1.29, 1.82) is 0 Å². The summed E-state index contributed by atoms with van der Waals surface area (Å²) in [5, 5.41) is 13.8. The van der Waals surface area contributed by atoms with Crippen molar-refractivity contribution in [2.24, 2.45) is 7.05 Å². The van der Waals surface area contributed by atoms with Gasteiger partial charge in [-0.1, -0.05) is 58.0 Å². The van der Waals surface area contributed by atoms with Crippen LogP contribution in [0, 0.1) is 12.7 Å². The molecular weight excluding hydrogens is 495 g/mol. The molecule has 3 aromatic carbocycles. The fourth-order valence-electron chi connectivity index (χ4n) is 3.21. The molecule has 1 heterocycles. The third-order valence-electron chi connectivity index (χ3n) is 4.97. The summed E-state index contributed by atoms with van der Waals surface area (Å²) in [6.45, 7) is 2.28. The molecule has 0 aliphatic carbocycles. The van der Waals surface area contributed by atoms with Crippen LogP contribution in [0.5, 0.6) is 5.75 Å². The second-order valence-corrected chi connectivity index (χ2v) is 8.98. The summed E-state index contributed by atoms with van der Waals surface area (Å²) in [7, 11) is 1.82. The van der Waals surface area contributed by atoms with E-state index in [1.807, 2.05) is 38.2 Å². The Labute approximate surface area is 197 Å². The lowest BCUT2D eigenvalue weighted by atomic mass is 10.0. The number of carbonyl (C=O) groups is 1. The van der Waals surface area contributed by atoms with Crippen LogP contribution in [-0.2, 0) is 18.4 Å². The van der Waals surface area contributed by atoms with E-state index in [1.54, 1.807) is 10.6 Å². The van der Waals surface area contributed by atoms with E-state index in [0.29, 0.717) is 15.5 Å². The van der Waals surface area contributed by atoms with E-state index >= 15 is 0 Å². The summed E-state index contributed by atoms with van der Waals surface area (Å²) in [6, 6.07) is 16.6. The zero-order valence-electron chi connectivity index (χ0n) is 17.4. The predicted molar refractivity (Wildman–Crippen MR) is 127 cm³/mol. The third kappa shape index (κ3) is 4.94. The third-order valence-corrected chi connectivity index (χ3v) is 6.48. The number of aromatic nitrogens is 3. The molecule has 1 amide bonds. The van der Waals surface area contributed by atoms with Gasteiger partial charge in [-0.15, -0.1) is 10.2 Å². The molecule has 1 aromatic heterocycles. The zero-order valence-corrected chi connectivity index (χ0v) is 19.8. The SMILES string of the molecule is Cc1c(OCc2nnc(SCC(=O)Nc3ccc(Br)cc3F)n2C)ccc2ccccc12. The van der Waals surface area contributed by atoms with Crippen molar-refractivity contribution in [3.63, 3.8) is 0 Å². The molecule has 32 heavy (non-hydrogen) atoms. The summed E-state index contributed by atoms with van der Waals surface area (Å²) in [4.78, 5) is 12.2. The average molecular weight is 515 g/mol. The number of hydrogen-bond acceptors (Lipinski definition) is 5. The van der Waals surface area contributed by atoms with Crippen LogP contribution in [0.4, 0.5) is 10.1 Å². The van der Waals surface area contributed by atoms with Gasteiger partial charge >= 0.3 is 0 Å². The van der Waals surface area contributed by atoms with Crippen molar-refractivity contribution in [3.05, 3.63) is 76.3 Å². The van der Waals surface area contributed by atoms with E-state index < -0.39 is 5.82 Å². The molecule has 0 saturated carbocycles. The number of ether oxygens (including phenoxy) is 1. The topological polar surface area (TPSA) is 69.0 Å². The monoisotopic (exact) mass is 514 g/mol. The Kier molecular flexibility index (Phi) is 6.76. The highest BCUT2D eigenvalue weighted by atomic mass is 79.9. The highest BCUT2D eigenvalue weighted by molar-refractivity contribution is 9.10. The van der Waals surface area contributed by atoms with Gasteiger partial charge in [-0.3, -0.25) is 4.79 Å². The van der Waals surface area contributed by atoms with Gasteiger partial charge < -0.3 is 14.6 Å². The molecule has 0 spiro atoms. The lowest BCUT2D eigenvalue weighted by Crippen LogP contribution is -2.15. The number of aryl methyl sites for hydroxylation is 1. The Morgan fingerprint density at radius 1 is 1.19 bits per heavy atom. The lowest BCUT2D eigenvalue weighted by molar-refractivity contribution is -0.113. The Morgan fingerprint density at radius 3 is 2.81 bits per heavy atom. The van der Waals surface area contributed by atoms with Gasteiger partial charge in [0.05, 0.1) is 11.4 Å². The zero-order chi connectivity index (χ0) is 22.7. The van der Waals surface area contributed by atoms with Crippen LogP contribution in [0.15, 0.2) is 64.2 Å². The minimum Gasteiger partial charge on any atom is -0.485 e. The number of hydrogen-bond donors (Lipinski definition) is 1. The highest BCUT2D eigenvalue weighted by Gasteiger charge is 2.14. The number of nitrogens with zero attached hydrogens (tertiary/aromatic N) is 3. The molecular formula is C23H20BrFN4O2S. The first kappa shape index (κ1) is 22.3. The maximum Gasteiger partial charge on any atom is 0.234 e. The second kappa shape index (κ2) is 9.70. The maximum absolute atomic E-state index is 13.9. The van der Waals surface area contributed by atoms with Crippen molar-refractivity contribution < 1.29 is 13.9 Å². The first-order chi connectivity index (χ1) is 15.4. The Morgan fingerprint density at radius 2 is 2.00 bits per heavy atom. The highest BCUT2D eigenvalue weighted by Crippen LogP contribution is 2.28. The fourth-order valence-corrected chi connectivity index (χ4v) is 4.27. The summed E-state index contributed by atoms with van der Waals surface area (Å²) in [6.07, 6.45) is 0. The van der Waals surface area contributed by atoms with Gasteiger partial charge in [-0.25, -0.2) is 4.39 Å². The first-order valence-electron chi connectivity index (χ1n) is 9.79. The number of thioether (sulfide) groups is 1. The molecule has 4 aromatic rings. The summed E-state index contributed by atoms with van der Waals surface area (Å²) >= 11 is 4.41. The van der Waals surface area contributed by atoms with Crippen LogP contribution in [0.3, 0.4) is 0 Å². The van der Waals surface area contributed by atoms with Gasteiger partial charge in [-0.2, -0.15) is 0 Å². The largest absolute Gasteiger partial charge is 0.485 e. The molecule has 1 N–H and O–H groups in total. The van der Waals surface area contributed by atoms with Crippen LogP contribution >= 0.6 is 27.7 Å². The smallest absolute Gasteiger partial charge is 0.234 e. The van der Waals surface area contributed by atoms with E-state index in [9.17, 15) is 9.18 Å². The lowest BCUT2D eigenvalue weighted by Gasteiger charge is -2.11. The predicted octanol–water partition coefficient (Wildman–Crippen LogP) is 5.49. The Balaban J connectivity index is 1.36. The van der Waals surface area contributed by atoms with Crippen LogP contribution in [0.2, 0.25) is 0 Å². The number of fused-ring (bicyclic) bond motifs is 1.